The van der Waals surface area contributed by atoms with Crippen LogP contribution in [0.25, 0.3) is 0 Å². The monoisotopic (exact) mass is 376 g/mol. The summed E-state index contributed by atoms with van der Waals surface area (Å²) in [4.78, 5) is 0. The number of halogens is 4. The maximum atomic E-state index is 13.9. The average molecular weight is 378 g/mol. The van der Waals surface area contributed by atoms with Crippen molar-refractivity contribution >= 4 is 27.5 Å². The van der Waals surface area contributed by atoms with Gasteiger partial charge in [0.1, 0.15) is 29.7 Å². The highest BCUT2D eigenvalue weighted by atomic mass is 79.9. The van der Waals surface area contributed by atoms with E-state index in [2.05, 4.69) is 15.9 Å². The molecule has 0 saturated heterocycles. The van der Waals surface area contributed by atoms with E-state index < -0.39 is 11.6 Å². The second kappa shape index (κ2) is 7.09. The number of ether oxygens (including phenoxy) is 2. The molecule has 0 aromatic heterocycles. The Morgan fingerprint density at radius 3 is 2.62 bits per heavy atom. The van der Waals surface area contributed by atoms with Crippen LogP contribution in [0.2, 0.25) is 0 Å². The van der Waals surface area contributed by atoms with Crippen molar-refractivity contribution in [3.05, 3.63) is 57.6 Å². The molecule has 0 N–H and O–H groups in total. The van der Waals surface area contributed by atoms with E-state index in [0.717, 1.165) is 0 Å². The number of benzene rings is 2. The van der Waals surface area contributed by atoms with Gasteiger partial charge >= 0.3 is 0 Å². The number of hydrogen-bond donors (Lipinski definition) is 0. The SMILES string of the molecule is COc1ccc(OCc2c(F)ccc(Br)c2F)c(CCl)c1. The van der Waals surface area contributed by atoms with Gasteiger partial charge in [0.15, 0.2) is 0 Å². The van der Waals surface area contributed by atoms with Crippen molar-refractivity contribution in [1.82, 2.24) is 0 Å². The highest BCUT2D eigenvalue weighted by Crippen LogP contribution is 2.28. The lowest BCUT2D eigenvalue weighted by Crippen LogP contribution is -2.04. The summed E-state index contributed by atoms with van der Waals surface area (Å²) in [6.45, 7) is -0.229. The minimum Gasteiger partial charge on any atom is -0.497 e. The first-order valence-electron chi connectivity index (χ1n) is 6.05. The summed E-state index contributed by atoms with van der Waals surface area (Å²) in [5, 5.41) is 0. The van der Waals surface area contributed by atoms with Crippen LogP contribution < -0.4 is 9.47 Å². The predicted octanol–water partition coefficient (Wildman–Crippen LogP) is 5.05. The van der Waals surface area contributed by atoms with E-state index >= 15 is 0 Å². The maximum Gasteiger partial charge on any atom is 0.146 e. The largest absolute Gasteiger partial charge is 0.497 e. The zero-order valence-corrected chi connectivity index (χ0v) is 13.5. The molecule has 2 nitrogen and oxygen atoms in total. The molecule has 0 aliphatic heterocycles. The van der Waals surface area contributed by atoms with Crippen LogP contribution in [0.4, 0.5) is 8.78 Å². The fourth-order valence-electron chi connectivity index (χ4n) is 1.78. The molecule has 0 radical (unpaired) electrons. The lowest BCUT2D eigenvalue weighted by molar-refractivity contribution is 0.289. The minimum atomic E-state index is -0.670. The van der Waals surface area contributed by atoms with Gasteiger partial charge in [-0.15, -0.1) is 11.6 Å². The van der Waals surface area contributed by atoms with Crippen molar-refractivity contribution in [3.63, 3.8) is 0 Å². The van der Waals surface area contributed by atoms with Crippen LogP contribution in [0, 0.1) is 11.6 Å². The Morgan fingerprint density at radius 2 is 1.95 bits per heavy atom. The molecule has 0 spiro atoms. The molecular formula is C15H12BrClF2O2. The lowest BCUT2D eigenvalue weighted by atomic mass is 10.2. The number of alkyl halides is 1. The van der Waals surface area contributed by atoms with E-state index in [1.54, 1.807) is 25.3 Å². The van der Waals surface area contributed by atoms with E-state index in [1.165, 1.54) is 12.1 Å². The van der Waals surface area contributed by atoms with Gasteiger partial charge in [-0.3, -0.25) is 0 Å². The fourth-order valence-corrected chi connectivity index (χ4v) is 2.36. The van der Waals surface area contributed by atoms with Crippen LogP contribution in [0.3, 0.4) is 0 Å². The number of hydrogen-bond acceptors (Lipinski definition) is 2. The molecule has 0 bridgehead atoms. The Bertz CT molecular complexity index is 650. The van der Waals surface area contributed by atoms with Gasteiger partial charge in [-0.1, -0.05) is 0 Å². The topological polar surface area (TPSA) is 18.5 Å². The average Bonchev–Trinajstić information content (AvgIpc) is 2.51. The van der Waals surface area contributed by atoms with E-state index in [-0.39, 0.29) is 22.5 Å². The van der Waals surface area contributed by atoms with Crippen LogP contribution in [-0.4, -0.2) is 7.11 Å². The molecular weight excluding hydrogens is 366 g/mol. The Labute approximate surface area is 134 Å². The Kier molecular flexibility index (Phi) is 5.42. The molecule has 0 amide bonds. The van der Waals surface area contributed by atoms with Crippen LogP contribution in [0.1, 0.15) is 11.1 Å². The predicted molar refractivity (Wildman–Crippen MR) is 80.9 cm³/mol. The van der Waals surface area contributed by atoms with Crippen LogP contribution >= 0.6 is 27.5 Å². The summed E-state index contributed by atoms with van der Waals surface area (Å²) in [6.07, 6.45) is 0. The third kappa shape index (κ3) is 3.66. The van der Waals surface area contributed by atoms with Crippen LogP contribution in [-0.2, 0) is 12.5 Å². The summed E-state index contributed by atoms with van der Waals surface area (Å²) in [7, 11) is 1.54. The Hall–Kier alpha value is -1.33. The Balaban J connectivity index is 2.22. The van der Waals surface area contributed by atoms with E-state index in [9.17, 15) is 8.78 Å². The highest BCUT2D eigenvalue weighted by Gasteiger charge is 2.14. The first kappa shape index (κ1) is 16.0. The zero-order chi connectivity index (χ0) is 15.4. The maximum absolute atomic E-state index is 13.9. The molecule has 0 aliphatic rings. The van der Waals surface area contributed by atoms with Crippen molar-refractivity contribution in [2.45, 2.75) is 12.5 Å². The van der Waals surface area contributed by atoms with Crippen molar-refractivity contribution in [2.24, 2.45) is 0 Å². The fraction of sp³-hybridized carbons (Fsp3) is 0.200. The molecule has 21 heavy (non-hydrogen) atoms. The summed E-state index contributed by atoms with van der Waals surface area (Å²) in [6, 6.07) is 7.56. The van der Waals surface area contributed by atoms with Gasteiger partial charge in [0.05, 0.1) is 23.0 Å². The molecule has 2 rings (SSSR count). The highest BCUT2D eigenvalue weighted by molar-refractivity contribution is 9.10. The van der Waals surface area contributed by atoms with E-state index in [1.807, 2.05) is 0 Å². The van der Waals surface area contributed by atoms with Gasteiger partial charge in [0.2, 0.25) is 0 Å². The van der Waals surface area contributed by atoms with Gasteiger partial charge < -0.3 is 9.47 Å². The second-order valence-corrected chi connectivity index (χ2v) is 5.34. The quantitative estimate of drug-likeness (QED) is 0.536. The molecule has 0 fully saturated rings. The number of methoxy groups -OCH3 is 1. The van der Waals surface area contributed by atoms with Crippen molar-refractivity contribution in [3.8, 4) is 11.5 Å². The van der Waals surface area contributed by atoms with Crippen molar-refractivity contribution in [2.75, 3.05) is 7.11 Å². The number of rotatable bonds is 5. The third-order valence-electron chi connectivity index (χ3n) is 2.92. The van der Waals surface area contributed by atoms with Gasteiger partial charge in [-0.25, -0.2) is 8.78 Å². The van der Waals surface area contributed by atoms with E-state index in [0.29, 0.717) is 17.1 Å². The molecule has 0 aliphatic carbocycles. The van der Waals surface area contributed by atoms with Gasteiger partial charge in [0, 0.05) is 5.56 Å². The second-order valence-electron chi connectivity index (χ2n) is 4.22. The standard InChI is InChI=1S/C15H12BrClF2O2/c1-20-10-2-5-14(9(6-10)7-17)21-8-11-13(18)4-3-12(16)15(11)19/h2-6H,7-8H2,1H3. The third-order valence-corrected chi connectivity index (χ3v) is 3.82. The van der Waals surface area contributed by atoms with E-state index in [4.69, 9.17) is 21.1 Å². The molecule has 2 aromatic carbocycles. The molecule has 6 heteroatoms. The lowest BCUT2D eigenvalue weighted by Gasteiger charge is -2.12. The van der Waals surface area contributed by atoms with Crippen molar-refractivity contribution in [1.29, 1.82) is 0 Å². The smallest absolute Gasteiger partial charge is 0.146 e. The first-order chi connectivity index (χ1) is 10.1. The van der Waals surface area contributed by atoms with Crippen LogP contribution in [0.15, 0.2) is 34.8 Å². The molecule has 112 valence electrons. The van der Waals surface area contributed by atoms with Gasteiger partial charge in [0.25, 0.3) is 0 Å². The minimum absolute atomic E-state index is 0.138. The molecule has 2 aromatic rings. The molecule has 0 unspecified atom stereocenters. The van der Waals surface area contributed by atoms with Gasteiger partial charge in [-0.05, 0) is 46.3 Å². The molecule has 0 atom stereocenters. The summed E-state index contributed by atoms with van der Waals surface area (Å²) in [5.74, 6) is -0.0225. The van der Waals surface area contributed by atoms with Crippen molar-refractivity contribution < 1.29 is 18.3 Å². The first-order valence-corrected chi connectivity index (χ1v) is 7.37. The molecule has 0 saturated carbocycles. The molecule has 0 heterocycles. The van der Waals surface area contributed by atoms with Gasteiger partial charge in [-0.2, -0.15) is 0 Å². The zero-order valence-electron chi connectivity index (χ0n) is 11.1. The normalized spacial score (nSPS) is 10.5. The summed E-state index contributed by atoms with van der Waals surface area (Å²) >= 11 is 8.86. The summed E-state index contributed by atoms with van der Waals surface area (Å²) < 4.78 is 38.3. The Morgan fingerprint density at radius 1 is 1.19 bits per heavy atom. The van der Waals surface area contributed by atoms with Crippen LogP contribution in [0.5, 0.6) is 11.5 Å². The summed E-state index contributed by atoms with van der Waals surface area (Å²) in [5.41, 5.74) is 0.549.